The number of nitrogens with two attached hydrogens (primary N) is 1. The Balaban J connectivity index is 2.26. The topological polar surface area (TPSA) is 29.3 Å². The lowest BCUT2D eigenvalue weighted by molar-refractivity contribution is 0.407. The lowest BCUT2D eigenvalue weighted by atomic mass is 9.95. The summed E-state index contributed by atoms with van der Waals surface area (Å²) >= 11 is 11.9. The van der Waals surface area contributed by atoms with Crippen molar-refractivity contribution >= 4 is 23.2 Å². The minimum atomic E-state index is 0.187. The Bertz CT molecular complexity index is 368. The Hall–Kier alpha value is -0.280. The molecule has 2 nitrogen and oxygen atoms in total. The van der Waals surface area contributed by atoms with Crippen molar-refractivity contribution in [2.45, 2.75) is 12.0 Å². The van der Waals surface area contributed by atoms with Crippen LogP contribution in [0.25, 0.3) is 0 Å². The van der Waals surface area contributed by atoms with E-state index in [0.717, 1.165) is 13.1 Å². The van der Waals surface area contributed by atoms with Crippen LogP contribution in [0.4, 0.5) is 0 Å². The molecule has 0 bridgehead atoms. The number of benzene rings is 1. The van der Waals surface area contributed by atoms with Gasteiger partial charge in [-0.1, -0.05) is 29.3 Å². The fraction of sp³-hybridized carbons (Fsp3) is 0.455. The maximum Gasteiger partial charge on any atom is 0.0595 e. The molecule has 82 valence electrons. The summed E-state index contributed by atoms with van der Waals surface area (Å²) in [5, 5.41) is 1.20. The zero-order valence-electron chi connectivity index (χ0n) is 8.58. The molecular weight excluding hydrogens is 231 g/mol. The fourth-order valence-corrected chi connectivity index (χ4v) is 2.43. The third-order valence-electron chi connectivity index (χ3n) is 2.92. The molecule has 0 aromatic heterocycles. The summed E-state index contributed by atoms with van der Waals surface area (Å²) in [5.41, 5.74) is 7.25. The molecule has 1 heterocycles. The summed E-state index contributed by atoms with van der Waals surface area (Å²) in [4.78, 5) is 2.23. The van der Waals surface area contributed by atoms with Gasteiger partial charge in [0.25, 0.3) is 0 Å². The molecule has 0 radical (unpaired) electrons. The van der Waals surface area contributed by atoms with Crippen molar-refractivity contribution in [2.24, 2.45) is 5.73 Å². The molecule has 15 heavy (non-hydrogen) atoms. The molecule has 0 unspecified atom stereocenters. The summed E-state index contributed by atoms with van der Waals surface area (Å²) in [6.45, 7) is 1.92. The molecule has 1 saturated heterocycles. The van der Waals surface area contributed by atoms with Crippen LogP contribution in [0.15, 0.2) is 18.2 Å². The zero-order valence-corrected chi connectivity index (χ0v) is 10.1. The molecule has 1 aliphatic heterocycles. The van der Waals surface area contributed by atoms with Gasteiger partial charge in [-0.2, -0.15) is 0 Å². The Morgan fingerprint density at radius 3 is 2.53 bits per heavy atom. The van der Waals surface area contributed by atoms with Gasteiger partial charge in [0.05, 0.1) is 10.0 Å². The van der Waals surface area contributed by atoms with E-state index in [4.69, 9.17) is 28.9 Å². The van der Waals surface area contributed by atoms with Gasteiger partial charge in [0.2, 0.25) is 0 Å². The number of halogens is 2. The van der Waals surface area contributed by atoms with Gasteiger partial charge in [0.15, 0.2) is 0 Å². The van der Waals surface area contributed by atoms with Gasteiger partial charge in [-0.3, -0.25) is 0 Å². The monoisotopic (exact) mass is 244 g/mol. The molecule has 0 aliphatic carbocycles. The average Bonchev–Trinajstić information content (AvgIpc) is 2.50. The molecule has 1 aromatic rings. The second-order valence-electron chi connectivity index (χ2n) is 4.17. The van der Waals surface area contributed by atoms with Gasteiger partial charge in [0.1, 0.15) is 0 Å². The van der Waals surface area contributed by atoms with Gasteiger partial charge in [-0.15, -0.1) is 0 Å². The predicted octanol–water partition coefficient (Wildman–Crippen LogP) is 2.35. The zero-order chi connectivity index (χ0) is 11.0. The third-order valence-corrected chi connectivity index (χ3v) is 3.66. The highest BCUT2D eigenvalue weighted by Crippen LogP contribution is 2.30. The number of hydrogen-bond acceptors (Lipinski definition) is 2. The first-order valence-corrected chi connectivity index (χ1v) is 5.72. The highest BCUT2D eigenvalue weighted by Gasteiger charge is 2.29. The average molecular weight is 245 g/mol. The van der Waals surface area contributed by atoms with E-state index in [1.807, 2.05) is 18.2 Å². The predicted molar refractivity (Wildman–Crippen MR) is 64.7 cm³/mol. The van der Waals surface area contributed by atoms with Crippen molar-refractivity contribution in [3.05, 3.63) is 33.8 Å². The van der Waals surface area contributed by atoms with Crippen molar-refractivity contribution in [1.82, 2.24) is 4.90 Å². The quantitative estimate of drug-likeness (QED) is 0.822. The largest absolute Gasteiger partial charge is 0.326 e. The van der Waals surface area contributed by atoms with Crippen LogP contribution in [0.2, 0.25) is 10.0 Å². The molecule has 1 aromatic carbocycles. The summed E-state index contributed by atoms with van der Waals surface area (Å²) in [6.07, 6.45) is 0. The Morgan fingerprint density at radius 2 is 2.00 bits per heavy atom. The molecule has 2 rings (SSSR count). The van der Waals surface area contributed by atoms with Gasteiger partial charge in [-0.25, -0.2) is 0 Å². The lowest BCUT2D eigenvalue weighted by Gasteiger charge is -2.15. The van der Waals surface area contributed by atoms with E-state index in [1.54, 1.807) is 0 Å². The maximum absolute atomic E-state index is 6.07. The second-order valence-corrected chi connectivity index (χ2v) is 4.98. The SMILES string of the molecule is CN1C[C@H](c2ccc(Cl)c(Cl)c2)[C@@H](N)C1. The maximum atomic E-state index is 6.07. The fourth-order valence-electron chi connectivity index (χ4n) is 2.13. The van der Waals surface area contributed by atoms with Crippen LogP contribution in [-0.2, 0) is 0 Å². The van der Waals surface area contributed by atoms with E-state index >= 15 is 0 Å². The highest BCUT2D eigenvalue weighted by molar-refractivity contribution is 6.42. The van der Waals surface area contributed by atoms with Gasteiger partial charge in [-0.05, 0) is 24.7 Å². The lowest BCUT2D eigenvalue weighted by Crippen LogP contribution is -2.27. The highest BCUT2D eigenvalue weighted by atomic mass is 35.5. The first-order chi connectivity index (χ1) is 7.08. The number of rotatable bonds is 1. The van der Waals surface area contributed by atoms with Crippen LogP contribution in [0.5, 0.6) is 0 Å². The van der Waals surface area contributed by atoms with Crippen molar-refractivity contribution in [2.75, 3.05) is 20.1 Å². The third kappa shape index (κ3) is 2.28. The minimum absolute atomic E-state index is 0.187. The van der Waals surface area contributed by atoms with E-state index in [0.29, 0.717) is 16.0 Å². The number of likely N-dealkylation sites (tertiary alicyclic amines) is 1. The summed E-state index contributed by atoms with van der Waals surface area (Å²) in [6, 6.07) is 5.96. The van der Waals surface area contributed by atoms with Crippen LogP contribution in [0.1, 0.15) is 11.5 Å². The van der Waals surface area contributed by atoms with Crippen molar-refractivity contribution in [3.8, 4) is 0 Å². The Morgan fingerprint density at radius 1 is 1.27 bits per heavy atom. The van der Waals surface area contributed by atoms with Crippen molar-refractivity contribution < 1.29 is 0 Å². The summed E-state index contributed by atoms with van der Waals surface area (Å²) in [5.74, 6) is 0.366. The molecule has 0 amide bonds. The van der Waals surface area contributed by atoms with E-state index < -0.39 is 0 Å². The molecule has 2 atom stereocenters. The van der Waals surface area contributed by atoms with Crippen LogP contribution in [-0.4, -0.2) is 31.1 Å². The van der Waals surface area contributed by atoms with E-state index in [1.165, 1.54) is 5.56 Å². The molecule has 0 saturated carbocycles. The normalized spacial score (nSPS) is 27.2. The Kier molecular flexibility index (Phi) is 3.21. The molecule has 4 heteroatoms. The summed E-state index contributed by atoms with van der Waals surface area (Å²) in [7, 11) is 2.08. The first-order valence-electron chi connectivity index (χ1n) is 4.97. The van der Waals surface area contributed by atoms with Crippen molar-refractivity contribution in [1.29, 1.82) is 0 Å². The van der Waals surface area contributed by atoms with Crippen LogP contribution in [0.3, 0.4) is 0 Å². The number of likely N-dealkylation sites (N-methyl/N-ethyl adjacent to an activating group) is 1. The number of nitrogens with zero attached hydrogens (tertiary/aromatic N) is 1. The molecular formula is C11H14Cl2N2. The van der Waals surface area contributed by atoms with Gasteiger partial charge < -0.3 is 10.6 Å². The first kappa shape index (κ1) is 11.2. The van der Waals surface area contributed by atoms with E-state index in [2.05, 4.69) is 11.9 Å². The molecule has 2 N–H and O–H groups in total. The Labute approximate surface area is 100.0 Å². The standard InChI is InChI=1S/C11H14Cl2N2/c1-15-5-8(11(14)6-15)7-2-3-9(12)10(13)4-7/h2-4,8,11H,5-6,14H2,1H3/t8-,11+/m1/s1. The van der Waals surface area contributed by atoms with Crippen molar-refractivity contribution in [3.63, 3.8) is 0 Å². The van der Waals surface area contributed by atoms with E-state index in [9.17, 15) is 0 Å². The van der Waals surface area contributed by atoms with Crippen LogP contribution < -0.4 is 5.73 Å². The van der Waals surface area contributed by atoms with Crippen LogP contribution >= 0.6 is 23.2 Å². The second kappa shape index (κ2) is 4.30. The minimum Gasteiger partial charge on any atom is -0.326 e. The molecule has 0 spiro atoms. The smallest absolute Gasteiger partial charge is 0.0595 e. The van der Waals surface area contributed by atoms with Crippen LogP contribution in [0, 0.1) is 0 Å². The molecule has 1 fully saturated rings. The van der Waals surface area contributed by atoms with Gasteiger partial charge >= 0.3 is 0 Å². The molecule has 1 aliphatic rings. The van der Waals surface area contributed by atoms with E-state index in [-0.39, 0.29) is 6.04 Å². The summed E-state index contributed by atoms with van der Waals surface area (Å²) < 4.78 is 0. The van der Waals surface area contributed by atoms with Gasteiger partial charge in [0, 0.05) is 25.0 Å². The number of hydrogen-bond donors (Lipinski definition) is 1.